The van der Waals surface area contributed by atoms with Gasteiger partial charge in [-0.1, -0.05) is 0 Å². The Kier molecular flexibility index (Phi) is 7.70. The van der Waals surface area contributed by atoms with Gasteiger partial charge in [-0.3, -0.25) is 14.9 Å². The molecule has 3 N–H and O–H groups in total. The fourth-order valence-electron chi connectivity index (χ4n) is 3.02. The van der Waals surface area contributed by atoms with Crippen LogP contribution in [0.15, 0.2) is 6.07 Å². The number of rotatable bonds is 8. The molecule has 0 aliphatic heterocycles. The zero-order valence-corrected chi connectivity index (χ0v) is 15.5. The van der Waals surface area contributed by atoms with Crippen molar-refractivity contribution in [3.63, 3.8) is 0 Å². The van der Waals surface area contributed by atoms with Crippen LogP contribution in [0.1, 0.15) is 36.0 Å². The summed E-state index contributed by atoms with van der Waals surface area (Å²) in [5.74, 6) is -3.33. The lowest BCUT2D eigenvalue weighted by atomic mass is 9.85. The van der Waals surface area contributed by atoms with Crippen LogP contribution < -0.4 is 15.8 Å². The SMILES string of the molecule is Nc1nc(OCCOC(F)F)c(C(=O)N[C@H]2CC[C@H](C(F)(F)F)CC2)cc1[N+](=O)[O-]. The number of pyridine rings is 1. The van der Waals surface area contributed by atoms with E-state index in [9.17, 15) is 36.9 Å². The highest BCUT2D eigenvalue weighted by atomic mass is 19.4. The van der Waals surface area contributed by atoms with E-state index in [1.165, 1.54) is 0 Å². The molecule has 0 bridgehead atoms. The number of amides is 1. The average Bonchev–Trinajstić information content (AvgIpc) is 2.64. The molecule has 30 heavy (non-hydrogen) atoms. The minimum atomic E-state index is -4.31. The van der Waals surface area contributed by atoms with E-state index in [2.05, 4.69) is 15.0 Å². The smallest absolute Gasteiger partial charge is 0.391 e. The van der Waals surface area contributed by atoms with Crippen LogP contribution in [0.3, 0.4) is 0 Å². The number of anilines is 1. The molecule has 1 saturated carbocycles. The second kappa shape index (κ2) is 9.82. The predicted octanol–water partition coefficient (Wildman–Crippen LogP) is 3.04. The van der Waals surface area contributed by atoms with Crippen LogP contribution >= 0.6 is 0 Å². The van der Waals surface area contributed by atoms with Crippen LogP contribution in [-0.2, 0) is 4.74 Å². The Hall–Kier alpha value is -2.77. The molecule has 2 rings (SSSR count). The Morgan fingerprint density at radius 1 is 1.30 bits per heavy atom. The quantitative estimate of drug-likeness (QED) is 0.274. The summed E-state index contributed by atoms with van der Waals surface area (Å²) in [6.07, 6.45) is -4.50. The summed E-state index contributed by atoms with van der Waals surface area (Å²) in [6.45, 7) is -4.05. The van der Waals surface area contributed by atoms with Gasteiger partial charge in [0.25, 0.3) is 5.91 Å². The highest BCUT2D eigenvalue weighted by molar-refractivity contribution is 5.97. The molecular formula is C16H19F5N4O5. The van der Waals surface area contributed by atoms with Crippen molar-refractivity contribution in [1.29, 1.82) is 0 Å². The molecule has 1 aromatic heterocycles. The number of nitrogens with one attached hydrogen (secondary N) is 1. The maximum Gasteiger partial charge on any atom is 0.391 e. The third-order valence-corrected chi connectivity index (χ3v) is 4.53. The zero-order chi connectivity index (χ0) is 22.5. The lowest BCUT2D eigenvalue weighted by Crippen LogP contribution is -2.40. The van der Waals surface area contributed by atoms with E-state index in [-0.39, 0.29) is 25.7 Å². The van der Waals surface area contributed by atoms with Gasteiger partial charge in [-0.25, -0.2) is 0 Å². The fourth-order valence-corrected chi connectivity index (χ4v) is 3.02. The van der Waals surface area contributed by atoms with E-state index >= 15 is 0 Å². The second-order valence-corrected chi connectivity index (χ2v) is 6.55. The highest BCUT2D eigenvalue weighted by Crippen LogP contribution is 2.37. The number of halogens is 5. The van der Waals surface area contributed by atoms with Crippen LogP contribution in [0.2, 0.25) is 0 Å². The molecule has 0 spiro atoms. The molecule has 1 aromatic rings. The summed E-state index contributed by atoms with van der Waals surface area (Å²) in [5, 5.41) is 13.6. The van der Waals surface area contributed by atoms with Crippen molar-refractivity contribution in [3.8, 4) is 5.88 Å². The van der Waals surface area contributed by atoms with Crippen LogP contribution in [0.5, 0.6) is 5.88 Å². The second-order valence-electron chi connectivity index (χ2n) is 6.55. The summed E-state index contributed by atoms with van der Waals surface area (Å²) in [5.41, 5.74) is 4.38. The number of nitrogens with two attached hydrogens (primary N) is 1. The minimum Gasteiger partial charge on any atom is -0.475 e. The Morgan fingerprint density at radius 3 is 2.47 bits per heavy atom. The number of hydrogen-bond acceptors (Lipinski definition) is 7. The number of nitro groups is 1. The van der Waals surface area contributed by atoms with Gasteiger partial charge in [0.05, 0.1) is 17.4 Å². The van der Waals surface area contributed by atoms with Crippen LogP contribution in [0, 0.1) is 16.0 Å². The molecule has 9 nitrogen and oxygen atoms in total. The van der Waals surface area contributed by atoms with Crippen LogP contribution in [0.4, 0.5) is 33.5 Å². The summed E-state index contributed by atoms with van der Waals surface area (Å²) >= 11 is 0. The molecule has 168 valence electrons. The Morgan fingerprint density at radius 2 is 1.93 bits per heavy atom. The lowest BCUT2D eigenvalue weighted by molar-refractivity contribution is -0.384. The highest BCUT2D eigenvalue weighted by Gasteiger charge is 2.41. The summed E-state index contributed by atoms with van der Waals surface area (Å²) in [6, 6.07) is 0.227. The van der Waals surface area contributed by atoms with Gasteiger partial charge in [0, 0.05) is 12.1 Å². The maximum absolute atomic E-state index is 12.8. The molecule has 1 heterocycles. The summed E-state index contributed by atoms with van der Waals surface area (Å²) < 4.78 is 71.4. The monoisotopic (exact) mass is 442 g/mol. The van der Waals surface area contributed by atoms with Crippen molar-refractivity contribution in [1.82, 2.24) is 10.3 Å². The molecule has 0 unspecified atom stereocenters. The minimum absolute atomic E-state index is 0.0683. The summed E-state index contributed by atoms with van der Waals surface area (Å²) in [4.78, 5) is 26.4. The predicted molar refractivity (Wildman–Crippen MR) is 92.0 cm³/mol. The Labute approximate surface area is 166 Å². The van der Waals surface area contributed by atoms with Crippen molar-refractivity contribution in [2.24, 2.45) is 5.92 Å². The third-order valence-electron chi connectivity index (χ3n) is 4.53. The first kappa shape index (κ1) is 23.5. The molecule has 14 heteroatoms. The largest absolute Gasteiger partial charge is 0.475 e. The molecule has 0 aromatic carbocycles. The topological polar surface area (TPSA) is 130 Å². The molecule has 0 saturated heterocycles. The van der Waals surface area contributed by atoms with Crippen molar-refractivity contribution in [3.05, 3.63) is 21.7 Å². The number of nitrogens with zero attached hydrogens (tertiary/aromatic N) is 2. The first-order chi connectivity index (χ1) is 14.0. The first-order valence-corrected chi connectivity index (χ1v) is 8.84. The number of alkyl halides is 5. The molecule has 1 fully saturated rings. The number of nitrogen functional groups attached to an aromatic ring is 1. The van der Waals surface area contributed by atoms with E-state index in [0.29, 0.717) is 0 Å². The molecule has 0 atom stereocenters. The van der Waals surface area contributed by atoms with Crippen molar-refractivity contribution >= 4 is 17.4 Å². The van der Waals surface area contributed by atoms with E-state index in [1.807, 2.05) is 0 Å². The Bertz CT molecular complexity index is 769. The maximum atomic E-state index is 12.8. The van der Waals surface area contributed by atoms with Gasteiger partial charge in [-0.2, -0.15) is 26.9 Å². The van der Waals surface area contributed by atoms with Crippen molar-refractivity contribution in [2.45, 2.75) is 44.5 Å². The molecule has 0 radical (unpaired) electrons. The van der Waals surface area contributed by atoms with Gasteiger partial charge in [-0.15, -0.1) is 0 Å². The lowest BCUT2D eigenvalue weighted by Gasteiger charge is -2.30. The van der Waals surface area contributed by atoms with E-state index in [0.717, 1.165) is 6.07 Å². The van der Waals surface area contributed by atoms with Gasteiger partial charge >= 0.3 is 18.5 Å². The third kappa shape index (κ3) is 6.37. The Balaban J connectivity index is 2.11. The number of carbonyl (C=O) groups excluding carboxylic acids is 1. The van der Waals surface area contributed by atoms with Gasteiger partial charge < -0.3 is 20.5 Å². The van der Waals surface area contributed by atoms with E-state index in [4.69, 9.17) is 10.5 Å². The number of aromatic nitrogens is 1. The van der Waals surface area contributed by atoms with Gasteiger partial charge in [0.2, 0.25) is 11.7 Å². The number of carbonyl (C=O) groups is 1. The van der Waals surface area contributed by atoms with Crippen molar-refractivity contribution < 1.29 is 41.1 Å². The van der Waals surface area contributed by atoms with Crippen LogP contribution in [0.25, 0.3) is 0 Å². The molecule has 1 amide bonds. The van der Waals surface area contributed by atoms with Crippen molar-refractivity contribution in [2.75, 3.05) is 18.9 Å². The summed E-state index contributed by atoms with van der Waals surface area (Å²) in [7, 11) is 0. The fraction of sp³-hybridized carbons (Fsp3) is 0.625. The zero-order valence-electron chi connectivity index (χ0n) is 15.5. The number of ether oxygens (including phenoxy) is 2. The normalized spacial score (nSPS) is 19.5. The standard InChI is InChI=1S/C16H19F5N4O5/c17-15(18)30-6-5-29-14-10(7-11(25(27)28)12(22)24-14)13(26)23-9-3-1-8(2-4-9)16(19,20)21/h7-9,15H,1-6H2,(H2,22,24)(H,23,26)/t8-,9-. The molecular weight excluding hydrogens is 423 g/mol. The van der Waals surface area contributed by atoms with E-state index in [1.54, 1.807) is 0 Å². The molecule has 1 aliphatic rings. The average molecular weight is 442 g/mol. The first-order valence-electron chi connectivity index (χ1n) is 8.84. The van der Waals surface area contributed by atoms with E-state index < -0.39 is 71.7 Å². The molecule has 1 aliphatic carbocycles. The number of hydrogen-bond donors (Lipinski definition) is 2. The van der Waals surface area contributed by atoms with Crippen LogP contribution in [-0.4, -0.2) is 47.9 Å². The van der Waals surface area contributed by atoms with Gasteiger partial charge in [0.1, 0.15) is 12.2 Å². The van der Waals surface area contributed by atoms with Gasteiger partial charge in [0.15, 0.2) is 0 Å². The van der Waals surface area contributed by atoms with Gasteiger partial charge in [-0.05, 0) is 25.7 Å².